The van der Waals surface area contributed by atoms with Gasteiger partial charge in [0.15, 0.2) is 0 Å². The molecule has 18 heavy (non-hydrogen) atoms. The summed E-state index contributed by atoms with van der Waals surface area (Å²) in [5.41, 5.74) is 1.83. The van der Waals surface area contributed by atoms with E-state index in [9.17, 15) is 4.39 Å². The van der Waals surface area contributed by atoms with Crippen molar-refractivity contribution in [3.8, 4) is 5.75 Å². The van der Waals surface area contributed by atoms with Crippen LogP contribution in [0.1, 0.15) is 16.3 Å². The number of hydrogen-bond donors (Lipinski definition) is 1. The van der Waals surface area contributed by atoms with Crippen molar-refractivity contribution < 1.29 is 9.13 Å². The fourth-order valence-electron chi connectivity index (χ4n) is 1.74. The highest BCUT2D eigenvalue weighted by molar-refractivity contribution is 7.09. The average Bonchev–Trinajstić information content (AvgIpc) is 2.77. The summed E-state index contributed by atoms with van der Waals surface area (Å²) < 4.78 is 18.5. The van der Waals surface area contributed by atoms with Gasteiger partial charge in [-0.25, -0.2) is 9.37 Å². The van der Waals surface area contributed by atoms with Gasteiger partial charge in [-0.2, -0.15) is 0 Å². The molecule has 0 saturated heterocycles. The molecule has 0 aliphatic rings. The van der Waals surface area contributed by atoms with E-state index in [4.69, 9.17) is 4.74 Å². The Morgan fingerprint density at radius 3 is 3.00 bits per heavy atom. The third kappa shape index (κ3) is 3.05. The lowest BCUT2D eigenvalue weighted by Gasteiger charge is -2.06. The topological polar surface area (TPSA) is 34.1 Å². The van der Waals surface area contributed by atoms with Crippen LogP contribution in [0.4, 0.5) is 4.39 Å². The zero-order valence-corrected chi connectivity index (χ0v) is 11.2. The van der Waals surface area contributed by atoms with Crippen molar-refractivity contribution in [2.24, 2.45) is 0 Å². The molecule has 0 aliphatic carbocycles. The molecule has 1 heterocycles. The quantitative estimate of drug-likeness (QED) is 0.903. The van der Waals surface area contributed by atoms with Crippen LogP contribution in [0, 0.1) is 5.82 Å². The van der Waals surface area contributed by atoms with Gasteiger partial charge in [-0.15, -0.1) is 11.3 Å². The molecule has 0 amide bonds. The summed E-state index contributed by atoms with van der Waals surface area (Å²) >= 11 is 1.58. The summed E-state index contributed by atoms with van der Waals surface area (Å²) in [6.07, 6.45) is 0.593. The Hall–Kier alpha value is -1.46. The molecule has 1 aromatic heterocycles. The van der Waals surface area contributed by atoms with Gasteiger partial charge in [0.1, 0.15) is 11.6 Å². The van der Waals surface area contributed by atoms with E-state index >= 15 is 0 Å². The number of nitrogens with one attached hydrogen (secondary N) is 1. The smallest absolute Gasteiger partial charge is 0.123 e. The van der Waals surface area contributed by atoms with E-state index in [1.807, 2.05) is 12.4 Å². The molecular weight excluding hydrogens is 251 g/mol. The van der Waals surface area contributed by atoms with Crippen molar-refractivity contribution in [1.82, 2.24) is 10.3 Å². The van der Waals surface area contributed by atoms with E-state index in [2.05, 4.69) is 10.3 Å². The molecular formula is C13H15FN2OS. The van der Waals surface area contributed by atoms with Gasteiger partial charge >= 0.3 is 0 Å². The lowest BCUT2D eigenvalue weighted by Crippen LogP contribution is -2.05. The molecule has 3 nitrogen and oxygen atoms in total. The van der Waals surface area contributed by atoms with Crippen LogP contribution < -0.4 is 10.1 Å². The second kappa shape index (κ2) is 5.93. The van der Waals surface area contributed by atoms with Gasteiger partial charge in [0.2, 0.25) is 0 Å². The number of halogens is 1. The minimum absolute atomic E-state index is 0.252. The molecule has 96 valence electrons. The van der Waals surface area contributed by atoms with Crippen LogP contribution in [-0.2, 0) is 13.0 Å². The number of hydrogen-bond acceptors (Lipinski definition) is 4. The molecule has 0 saturated carbocycles. The second-order valence-electron chi connectivity index (χ2n) is 3.90. The molecule has 5 heteroatoms. The summed E-state index contributed by atoms with van der Waals surface area (Å²) in [5.74, 6) is 0.444. The van der Waals surface area contributed by atoms with Crippen molar-refractivity contribution in [3.63, 3.8) is 0 Å². The first-order valence-electron chi connectivity index (χ1n) is 5.63. The fourth-order valence-corrected chi connectivity index (χ4v) is 2.56. The fraction of sp³-hybridized carbons (Fsp3) is 0.308. The number of nitrogens with zero attached hydrogens (tertiary/aromatic N) is 1. The Bertz CT molecular complexity index is 527. The Balaban J connectivity index is 2.19. The van der Waals surface area contributed by atoms with Crippen LogP contribution in [0.5, 0.6) is 5.75 Å². The van der Waals surface area contributed by atoms with Gasteiger partial charge in [0.25, 0.3) is 0 Å². The van der Waals surface area contributed by atoms with Crippen LogP contribution in [0.3, 0.4) is 0 Å². The second-order valence-corrected chi connectivity index (χ2v) is 4.84. The van der Waals surface area contributed by atoms with Crippen LogP contribution in [0.25, 0.3) is 0 Å². The number of aromatic nitrogens is 1. The summed E-state index contributed by atoms with van der Waals surface area (Å²) in [7, 11) is 3.47. The van der Waals surface area contributed by atoms with E-state index in [1.165, 1.54) is 12.1 Å². The maximum absolute atomic E-state index is 13.2. The highest BCUT2D eigenvalue weighted by Crippen LogP contribution is 2.23. The van der Waals surface area contributed by atoms with Gasteiger partial charge in [-0.05, 0) is 25.2 Å². The minimum atomic E-state index is -0.252. The predicted octanol–water partition coefficient (Wildman–Crippen LogP) is 2.60. The number of thiazole rings is 1. The average molecular weight is 266 g/mol. The lowest BCUT2D eigenvalue weighted by molar-refractivity contribution is 0.409. The maximum Gasteiger partial charge on any atom is 0.123 e. The molecule has 0 spiro atoms. The standard InChI is InChI=1S/C13H15FN2OS/c1-15-7-11-8-18-13(16-11)6-9-5-10(14)3-4-12(9)17-2/h3-5,8,15H,6-7H2,1-2H3. The number of methoxy groups -OCH3 is 1. The zero-order chi connectivity index (χ0) is 13.0. The third-order valence-electron chi connectivity index (χ3n) is 2.54. The summed E-state index contributed by atoms with van der Waals surface area (Å²) in [4.78, 5) is 4.48. The highest BCUT2D eigenvalue weighted by Gasteiger charge is 2.08. The molecule has 1 aromatic carbocycles. The van der Waals surface area contributed by atoms with Crippen LogP contribution >= 0.6 is 11.3 Å². The van der Waals surface area contributed by atoms with Gasteiger partial charge in [0, 0.05) is 23.9 Å². The van der Waals surface area contributed by atoms with Crippen molar-refractivity contribution in [3.05, 3.63) is 45.7 Å². The van der Waals surface area contributed by atoms with Crippen LogP contribution in [-0.4, -0.2) is 19.1 Å². The van der Waals surface area contributed by atoms with E-state index < -0.39 is 0 Å². The van der Waals surface area contributed by atoms with E-state index in [0.717, 1.165) is 22.8 Å². The lowest BCUT2D eigenvalue weighted by atomic mass is 10.1. The molecule has 0 radical (unpaired) electrons. The zero-order valence-electron chi connectivity index (χ0n) is 10.4. The molecule has 0 fully saturated rings. The normalized spacial score (nSPS) is 10.6. The van der Waals surface area contributed by atoms with Crippen molar-refractivity contribution in [2.75, 3.05) is 14.2 Å². The largest absolute Gasteiger partial charge is 0.496 e. The molecule has 0 unspecified atom stereocenters. The molecule has 2 aromatic rings. The van der Waals surface area contributed by atoms with Gasteiger partial charge in [-0.3, -0.25) is 0 Å². The highest BCUT2D eigenvalue weighted by atomic mass is 32.1. The molecule has 2 rings (SSSR count). The Morgan fingerprint density at radius 1 is 1.44 bits per heavy atom. The van der Waals surface area contributed by atoms with E-state index in [0.29, 0.717) is 12.2 Å². The van der Waals surface area contributed by atoms with Crippen molar-refractivity contribution >= 4 is 11.3 Å². The molecule has 0 atom stereocenters. The predicted molar refractivity (Wildman–Crippen MR) is 70.6 cm³/mol. The molecule has 1 N–H and O–H groups in total. The Kier molecular flexibility index (Phi) is 4.28. The first-order chi connectivity index (χ1) is 8.72. The van der Waals surface area contributed by atoms with Crippen molar-refractivity contribution in [1.29, 1.82) is 0 Å². The number of ether oxygens (including phenoxy) is 1. The first-order valence-corrected chi connectivity index (χ1v) is 6.51. The SMILES string of the molecule is CNCc1csc(Cc2cc(F)ccc2OC)n1. The van der Waals surface area contributed by atoms with Crippen LogP contribution in [0.2, 0.25) is 0 Å². The van der Waals surface area contributed by atoms with E-state index in [-0.39, 0.29) is 5.82 Å². The Morgan fingerprint density at radius 2 is 2.28 bits per heavy atom. The number of rotatable bonds is 5. The van der Waals surface area contributed by atoms with E-state index in [1.54, 1.807) is 24.5 Å². The summed E-state index contributed by atoms with van der Waals surface area (Å²) in [6, 6.07) is 4.54. The van der Waals surface area contributed by atoms with Crippen molar-refractivity contribution in [2.45, 2.75) is 13.0 Å². The van der Waals surface area contributed by atoms with Gasteiger partial charge in [0.05, 0.1) is 17.8 Å². The Labute approximate surface area is 110 Å². The minimum Gasteiger partial charge on any atom is -0.496 e. The molecule has 0 aliphatic heterocycles. The van der Waals surface area contributed by atoms with Gasteiger partial charge in [-0.1, -0.05) is 0 Å². The summed E-state index contributed by atoms with van der Waals surface area (Å²) in [5, 5.41) is 6.03. The van der Waals surface area contributed by atoms with Crippen LogP contribution in [0.15, 0.2) is 23.6 Å². The molecule has 0 bridgehead atoms. The maximum atomic E-state index is 13.2. The van der Waals surface area contributed by atoms with Gasteiger partial charge < -0.3 is 10.1 Å². The third-order valence-corrected chi connectivity index (χ3v) is 3.44. The number of benzene rings is 1. The first kappa shape index (κ1) is 13.0. The summed E-state index contributed by atoms with van der Waals surface area (Å²) in [6.45, 7) is 0.747. The monoisotopic (exact) mass is 266 g/mol.